The largest absolute Gasteiger partial charge is 0.337 e. The lowest BCUT2D eigenvalue weighted by atomic mass is 9.83. The van der Waals surface area contributed by atoms with Crippen molar-refractivity contribution in [3.63, 3.8) is 0 Å². The molecule has 1 aliphatic rings. The second kappa shape index (κ2) is 5.62. The zero-order valence-corrected chi connectivity index (χ0v) is 12.0. The third-order valence-electron chi connectivity index (χ3n) is 3.45. The molecule has 0 saturated carbocycles. The van der Waals surface area contributed by atoms with E-state index in [1.165, 1.54) is 11.8 Å². The maximum atomic E-state index is 12.5. The predicted octanol–water partition coefficient (Wildman–Crippen LogP) is 2.57. The first kappa shape index (κ1) is 13.9. The molecule has 2 heterocycles. The van der Waals surface area contributed by atoms with Gasteiger partial charge in [0.05, 0.1) is 17.0 Å². The summed E-state index contributed by atoms with van der Waals surface area (Å²) in [6.45, 7) is 3.15. The van der Waals surface area contributed by atoms with E-state index in [0.29, 0.717) is 12.1 Å². The van der Waals surface area contributed by atoms with Crippen LogP contribution in [0.3, 0.4) is 0 Å². The highest BCUT2D eigenvalue weighted by Crippen LogP contribution is 2.30. The molecular formula is C14H17N3OS. The van der Waals surface area contributed by atoms with Crippen LogP contribution in [0.25, 0.3) is 0 Å². The van der Waals surface area contributed by atoms with Crippen molar-refractivity contribution >= 4 is 17.7 Å². The number of hydrogen-bond acceptors (Lipinski definition) is 4. The van der Waals surface area contributed by atoms with Gasteiger partial charge in [-0.05, 0) is 38.2 Å². The van der Waals surface area contributed by atoms with Gasteiger partial charge < -0.3 is 4.90 Å². The van der Waals surface area contributed by atoms with Gasteiger partial charge in [0.15, 0.2) is 0 Å². The molecular weight excluding hydrogens is 258 g/mol. The Balaban J connectivity index is 2.22. The first-order valence-corrected chi connectivity index (χ1v) is 7.52. The number of aromatic nitrogens is 1. The minimum Gasteiger partial charge on any atom is -0.337 e. The summed E-state index contributed by atoms with van der Waals surface area (Å²) >= 11 is 1.47. The normalized spacial score (nSPS) is 22.9. The molecule has 0 aliphatic carbocycles. The van der Waals surface area contributed by atoms with Crippen molar-refractivity contribution in [2.24, 2.45) is 5.41 Å². The van der Waals surface area contributed by atoms with Crippen molar-refractivity contribution in [1.82, 2.24) is 9.88 Å². The van der Waals surface area contributed by atoms with Crippen molar-refractivity contribution in [2.75, 3.05) is 19.3 Å². The molecule has 1 atom stereocenters. The Bertz CT molecular complexity index is 526. The number of likely N-dealkylation sites (tertiary alicyclic amines) is 1. The van der Waals surface area contributed by atoms with Crippen LogP contribution in [0.5, 0.6) is 0 Å². The van der Waals surface area contributed by atoms with Gasteiger partial charge in [0.25, 0.3) is 5.91 Å². The Morgan fingerprint density at radius 3 is 3.11 bits per heavy atom. The van der Waals surface area contributed by atoms with Crippen LogP contribution in [0.1, 0.15) is 30.1 Å². The summed E-state index contributed by atoms with van der Waals surface area (Å²) in [7, 11) is 0. The van der Waals surface area contributed by atoms with Crippen LogP contribution in [-0.4, -0.2) is 35.1 Å². The molecule has 1 aromatic rings. The number of rotatable bonds is 2. The summed E-state index contributed by atoms with van der Waals surface area (Å²) < 4.78 is 0. The van der Waals surface area contributed by atoms with Crippen molar-refractivity contribution in [2.45, 2.75) is 24.8 Å². The number of hydrogen-bond donors (Lipinski definition) is 0. The van der Waals surface area contributed by atoms with E-state index in [9.17, 15) is 10.1 Å². The van der Waals surface area contributed by atoms with Gasteiger partial charge in [0, 0.05) is 19.3 Å². The Kier molecular flexibility index (Phi) is 4.11. The highest BCUT2D eigenvalue weighted by molar-refractivity contribution is 7.98. The average Bonchev–Trinajstić information content (AvgIpc) is 2.46. The number of carbonyl (C=O) groups is 1. The zero-order valence-electron chi connectivity index (χ0n) is 11.2. The first-order valence-electron chi connectivity index (χ1n) is 6.29. The number of carbonyl (C=O) groups excluding carboxylic acids is 1. The fraction of sp³-hybridized carbons (Fsp3) is 0.500. The van der Waals surface area contributed by atoms with Crippen LogP contribution >= 0.6 is 11.8 Å². The minimum atomic E-state index is -0.421. The van der Waals surface area contributed by atoms with Gasteiger partial charge >= 0.3 is 0 Å². The van der Waals surface area contributed by atoms with Gasteiger partial charge in [-0.25, -0.2) is 4.98 Å². The summed E-state index contributed by atoms with van der Waals surface area (Å²) in [6.07, 6.45) is 5.34. The highest BCUT2D eigenvalue weighted by Gasteiger charge is 2.34. The quantitative estimate of drug-likeness (QED) is 0.778. The van der Waals surface area contributed by atoms with E-state index in [2.05, 4.69) is 11.1 Å². The molecule has 0 unspecified atom stereocenters. The van der Waals surface area contributed by atoms with E-state index in [4.69, 9.17) is 0 Å². The Labute approximate surface area is 117 Å². The molecule has 19 heavy (non-hydrogen) atoms. The third-order valence-corrected chi connectivity index (χ3v) is 4.16. The van der Waals surface area contributed by atoms with Crippen molar-refractivity contribution in [3.05, 3.63) is 23.9 Å². The van der Waals surface area contributed by atoms with Gasteiger partial charge in [-0.1, -0.05) is 0 Å². The highest BCUT2D eigenvalue weighted by atomic mass is 32.2. The van der Waals surface area contributed by atoms with Gasteiger partial charge in [-0.3, -0.25) is 4.79 Å². The minimum absolute atomic E-state index is 0.0152. The summed E-state index contributed by atoms with van der Waals surface area (Å²) in [5, 5.41) is 9.96. The van der Waals surface area contributed by atoms with Gasteiger partial charge in [-0.2, -0.15) is 5.26 Å². The maximum absolute atomic E-state index is 12.5. The van der Waals surface area contributed by atoms with E-state index in [1.807, 2.05) is 13.2 Å². The Morgan fingerprint density at radius 2 is 2.42 bits per heavy atom. The Morgan fingerprint density at radius 1 is 1.63 bits per heavy atom. The lowest BCUT2D eigenvalue weighted by Gasteiger charge is -2.36. The zero-order chi connectivity index (χ0) is 13.9. The van der Waals surface area contributed by atoms with Crippen LogP contribution in [0.15, 0.2) is 23.4 Å². The van der Waals surface area contributed by atoms with E-state index < -0.39 is 5.41 Å². The molecule has 1 amide bonds. The van der Waals surface area contributed by atoms with E-state index >= 15 is 0 Å². The Hall–Kier alpha value is -1.54. The summed E-state index contributed by atoms with van der Waals surface area (Å²) in [5.74, 6) is -0.0152. The van der Waals surface area contributed by atoms with E-state index in [0.717, 1.165) is 24.4 Å². The van der Waals surface area contributed by atoms with Gasteiger partial charge in [0.2, 0.25) is 0 Å². The van der Waals surface area contributed by atoms with Crippen LogP contribution < -0.4 is 0 Å². The number of nitrogens with zero attached hydrogens (tertiary/aromatic N) is 3. The average molecular weight is 275 g/mol. The molecule has 0 spiro atoms. The maximum Gasteiger partial charge on any atom is 0.256 e. The fourth-order valence-electron chi connectivity index (χ4n) is 2.39. The lowest BCUT2D eigenvalue weighted by molar-refractivity contribution is 0.0625. The van der Waals surface area contributed by atoms with Crippen molar-refractivity contribution in [3.8, 4) is 6.07 Å². The van der Waals surface area contributed by atoms with E-state index in [-0.39, 0.29) is 5.91 Å². The molecule has 100 valence electrons. The van der Waals surface area contributed by atoms with Crippen molar-refractivity contribution < 1.29 is 4.79 Å². The summed E-state index contributed by atoms with van der Waals surface area (Å²) in [6, 6.07) is 5.91. The summed E-state index contributed by atoms with van der Waals surface area (Å²) in [4.78, 5) is 18.5. The topological polar surface area (TPSA) is 57.0 Å². The first-order chi connectivity index (χ1) is 9.09. The number of piperidine rings is 1. The molecule has 2 rings (SSSR count). The number of nitriles is 1. The molecule has 0 bridgehead atoms. The molecule has 4 nitrogen and oxygen atoms in total. The molecule has 1 fully saturated rings. The smallest absolute Gasteiger partial charge is 0.256 e. The lowest BCUT2D eigenvalue weighted by Crippen LogP contribution is -2.44. The van der Waals surface area contributed by atoms with Gasteiger partial charge in [-0.15, -0.1) is 11.8 Å². The molecule has 1 saturated heterocycles. The molecule has 1 aliphatic heterocycles. The SMILES string of the molecule is CSc1ncccc1C(=O)N1CCC[C@](C)(C#N)C1. The van der Waals surface area contributed by atoms with Gasteiger partial charge in [0.1, 0.15) is 5.03 Å². The molecule has 0 aromatic carbocycles. The van der Waals surface area contributed by atoms with Crippen molar-refractivity contribution in [1.29, 1.82) is 5.26 Å². The molecule has 0 radical (unpaired) electrons. The predicted molar refractivity (Wildman–Crippen MR) is 74.9 cm³/mol. The van der Waals surface area contributed by atoms with E-state index in [1.54, 1.807) is 23.2 Å². The third kappa shape index (κ3) is 2.90. The number of amides is 1. The van der Waals surface area contributed by atoms with Crippen LogP contribution in [0.2, 0.25) is 0 Å². The summed E-state index contributed by atoms with van der Waals surface area (Å²) in [5.41, 5.74) is 0.215. The fourth-order valence-corrected chi connectivity index (χ4v) is 2.93. The standard InChI is InChI=1S/C14H17N3OS/c1-14(9-15)6-4-8-17(10-14)13(18)11-5-3-7-16-12(11)19-2/h3,5,7H,4,6,8,10H2,1-2H3/t14-/m1/s1. The molecule has 1 aromatic heterocycles. The molecule has 0 N–H and O–H groups in total. The van der Waals surface area contributed by atoms with Crippen LogP contribution in [0, 0.1) is 16.7 Å². The number of thioether (sulfide) groups is 1. The second-order valence-electron chi connectivity index (χ2n) is 5.06. The second-order valence-corrected chi connectivity index (χ2v) is 5.86. The van der Waals surface area contributed by atoms with Crippen LogP contribution in [-0.2, 0) is 0 Å². The molecule has 5 heteroatoms. The van der Waals surface area contributed by atoms with Crippen LogP contribution in [0.4, 0.5) is 0 Å². The number of pyridine rings is 1. The monoisotopic (exact) mass is 275 g/mol.